The number of nitrogens with zero attached hydrogens (tertiary/aromatic N) is 2. The van der Waals surface area contributed by atoms with Gasteiger partial charge in [-0.1, -0.05) is 45.2 Å². The molecular formula is C24H36N2O5. The van der Waals surface area contributed by atoms with Gasteiger partial charge in [-0.3, -0.25) is 9.69 Å². The molecule has 2 atom stereocenters. The summed E-state index contributed by atoms with van der Waals surface area (Å²) in [5, 5.41) is 1.02. The molecule has 0 bridgehead atoms. The molecule has 1 aliphatic heterocycles. The first-order chi connectivity index (χ1) is 15.0. The minimum Gasteiger partial charge on any atom is -0.379 e. The number of aryl methyl sites for hydroxylation is 1. The molecule has 1 fully saturated rings. The molecule has 0 radical (unpaired) electrons. The lowest BCUT2D eigenvalue weighted by Crippen LogP contribution is -2.41. The molecule has 1 aromatic carbocycles. The average Bonchev–Trinajstić information content (AvgIpc) is 2.78. The maximum atomic E-state index is 12.8. The maximum absolute atomic E-state index is 12.8. The summed E-state index contributed by atoms with van der Waals surface area (Å²) in [6, 6.07) is 5.18. The van der Waals surface area contributed by atoms with Crippen molar-refractivity contribution in [1.29, 1.82) is 0 Å². The Kier molecular flexibility index (Phi) is 10.7. The van der Waals surface area contributed by atoms with Gasteiger partial charge in [-0.05, 0) is 37.0 Å². The lowest BCUT2D eigenvalue weighted by molar-refractivity contribution is -0.169. The number of amides is 1. The molecule has 2 rings (SSSR count). The van der Waals surface area contributed by atoms with Gasteiger partial charge in [0.25, 0.3) is 0 Å². The Morgan fingerprint density at radius 2 is 1.97 bits per heavy atom. The first kappa shape index (κ1) is 25.0. The predicted molar refractivity (Wildman–Crippen MR) is 118 cm³/mol. The minimum atomic E-state index is -0.584. The van der Waals surface area contributed by atoms with Crippen molar-refractivity contribution < 1.29 is 24.0 Å². The van der Waals surface area contributed by atoms with Gasteiger partial charge in [0.05, 0.1) is 24.8 Å². The fourth-order valence-electron chi connectivity index (χ4n) is 4.04. The van der Waals surface area contributed by atoms with Crippen LogP contribution in [0.5, 0.6) is 0 Å². The molecule has 1 aromatic rings. The highest BCUT2D eigenvalue weighted by Crippen LogP contribution is 2.21. The van der Waals surface area contributed by atoms with E-state index in [4.69, 9.17) is 9.57 Å². The molecule has 0 N–H and O–H groups in total. The van der Waals surface area contributed by atoms with Crippen molar-refractivity contribution in [2.24, 2.45) is 5.92 Å². The van der Waals surface area contributed by atoms with E-state index in [1.165, 1.54) is 0 Å². The summed E-state index contributed by atoms with van der Waals surface area (Å²) >= 11 is 0. The van der Waals surface area contributed by atoms with Crippen LogP contribution in [0.25, 0.3) is 0 Å². The van der Waals surface area contributed by atoms with Gasteiger partial charge in [-0.2, -0.15) is 5.06 Å². The second-order valence-corrected chi connectivity index (χ2v) is 8.15. The third-order valence-corrected chi connectivity index (χ3v) is 5.87. The molecule has 0 saturated carbocycles. The van der Waals surface area contributed by atoms with Gasteiger partial charge in [0.1, 0.15) is 6.29 Å². The van der Waals surface area contributed by atoms with Crippen LogP contribution in [-0.4, -0.2) is 61.0 Å². The number of carbonyl (C=O) groups excluding carboxylic acids is 3. The molecule has 2 unspecified atom stereocenters. The van der Waals surface area contributed by atoms with E-state index in [9.17, 15) is 14.4 Å². The van der Waals surface area contributed by atoms with E-state index in [-0.39, 0.29) is 5.92 Å². The van der Waals surface area contributed by atoms with E-state index in [2.05, 4.69) is 11.8 Å². The van der Waals surface area contributed by atoms with E-state index in [0.29, 0.717) is 24.8 Å². The van der Waals surface area contributed by atoms with Crippen LogP contribution in [0, 0.1) is 12.8 Å². The Hall–Kier alpha value is -2.25. The number of carbonyl (C=O) groups is 3. The Bertz CT molecular complexity index is 718. The third-order valence-electron chi connectivity index (χ3n) is 5.87. The topological polar surface area (TPSA) is 76.2 Å². The lowest BCUT2D eigenvalue weighted by atomic mass is 9.93. The van der Waals surface area contributed by atoms with Crippen molar-refractivity contribution in [2.75, 3.05) is 26.3 Å². The number of morpholine rings is 1. The van der Waals surface area contributed by atoms with Crippen molar-refractivity contribution in [3.63, 3.8) is 0 Å². The van der Waals surface area contributed by atoms with Gasteiger partial charge in [-0.15, -0.1) is 0 Å². The number of hydrogen-bond acceptors (Lipinski definition) is 6. The van der Waals surface area contributed by atoms with Gasteiger partial charge in [-0.25, -0.2) is 4.79 Å². The molecule has 0 spiro atoms. The van der Waals surface area contributed by atoms with E-state index in [0.717, 1.165) is 74.6 Å². The highest BCUT2D eigenvalue weighted by molar-refractivity contribution is 5.91. The number of aldehydes is 1. The van der Waals surface area contributed by atoms with Gasteiger partial charge < -0.3 is 14.4 Å². The predicted octanol–water partition coefficient (Wildman–Crippen LogP) is 3.53. The molecule has 1 saturated heterocycles. The number of rotatable bonds is 13. The van der Waals surface area contributed by atoms with Crippen LogP contribution >= 0.6 is 0 Å². The van der Waals surface area contributed by atoms with E-state index < -0.39 is 12.0 Å². The SMILES string of the molecule is CCCCCC(C=O)C(CC)N(C=O)OC(=O)c1ccc(CN2CCOCC2)cc1C. The first-order valence-corrected chi connectivity index (χ1v) is 11.3. The maximum Gasteiger partial charge on any atom is 0.363 e. The van der Waals surface area contributed by atoms with Crippen LogP contribution in [0.4, 0.5) is 0 Å². The summed E-state index contributed by atoms with van der Waals surface area (Å²) in [5.41, 5.74) is 2.33. The summed E-state index contributed by atoms with van der Waals surface area (Å²) in [5.74, 6) is -0.939. The zero-order chi connectivity index (χ0) is 22.6. The number of unbranched alkanes of at least 4 members (excludes halogenated alkanes) is 2. The van der Waals surface area contributed by atoms with Gasteiger partial charge in [0, 0.05) is 25.6 Å². The Morgan fingerprint density at radius 3 is 2.55 bits per heavy atom. The van der Waals surface area contributed by atoms with E-state index in [1.54, 1.807) is 6.07 Å². The number of benzene rings is 1. The summed E-state index contributed by atoms with van der Waals surface area (Å²) in [6.07, 6.45) is 5.56. The third kappa shape index (κ3) is 7.43. The number of ether oxygens (including phenoxy) is 1. The number of hydrogen-bond donors (Lipinski definition) is 0. The summed E-state index contributed by atoms with van der Waals surface area (Å²) in [6.45, 7) is 9.92. The molecule has 7 heteroatoms. The van der Waals surface area contributed by atoms with Gasteiger partial charge in [0.2, 0.25) is 6.41 Å². The smallest absolute Gasteiger partial charge is 0.363 e. The molecule has 1 heterocycles. The fourth-order valence-corrected chi connectivity index (χ4v) is 4.04. The zero-order valence-electron chi connectivity index (χ0n) is 19.0. The quantitative estimate of drug-likeness (QED) is 0.270. The van der Waals surface area contributed by atoms with Crippen molar-refractivity contribution >= 4 is 18.7 Å². The standard InChI is InChI=1S/C24H36N2O5/c1-4-6-7-8-21(17-27)23(5-2)26(18-28)31-24(29)22-10-9-20(15-19(22)3)16-25-11-13-30-14-12-25/h9-10,15,17-18,21,23H,4-8,11-14,16H2,1-3H3. The highest BCUT2D eigenvalue weighted by Gasteiger charge is 2.28. The molecule has 31 heavy (non-hydrogen) atoms. The molecular weight excluding hydrogens is 396 g/mol. The zero-order valence-corrected chi connectivity index (χ0v) is 19.0. The van der Waals surface area contributed by atoms with Crippen molar-refractivity contribution in [3.8, 4) is 0 Å². The summed E-state index contributed by atoms with van der Waals surface area (Å²) in [7, 11) is 0. The monoisotopic (exact) mass is 432 g/mol. The summed E-state index contributed by atoms with van der Waals surface area (Å²) < 4.78 is 5.38. The van der Waals surface area contributed by atoms with Crippen LogP contribution in [0.2, 0.25) is 0 Å². The van der Waals surface area contributed by atoms with Crippen molar-refractivity contribution in [1.82, 2.24) is 9.96 Å². The largest absolute Gasteiger partial charge is 0.379 e. The Morgan fingerprint density at radius 1 is 1.23 bits per heavy atom. The molecule has 1 amide bonds. The average molecular weight is 433 g/mol. The van der Waals surface area contributed by atoms with Crippen molar-refractivity contribution in [3.05, 3.63) is 34.9 Å². The molecule has 172 valence electrons. The van der Waals surface area contributed by atoms with Crippen molar-refractivity contribution in [2.45, 2.75) is 65.5 Å². The first-order valence-electron chi connectivity index (χ1n) is 11.3. The normalized spacial score (nSPS) is 16.4. The van der Waals surface area contributed by atoms with Crippen LogP contribution in [0.3, 0.4) is 0 Å². The van der Waals surface area contributed by atoms with Crippen LogP contribution < -0.4 is 0 Å². The highest BCUT2D eigenvalue weighted by atomic mass is 16.7. The second kappa shape index (κ2) is 13.2. The van der Waals surface area contributed by atoms with Crippen LogP contribution in [0.1, 0.15) is 67.4 Å². The van der Waals surface area contributed by atoms with Crippen LogP contribution in [0.15, 0.2) is 18.2 Å². The Labute approximate surface area is 185 Å². The summed E-state index contributed by atoms with van der Waals surface area (Å²) in [4.78, 5) is 43.9. The Balaban J connectivity index is 2.04. The molecule has 1 aliphatic rings. The molecule has 0 aromatic heterocycles. The number of hydroxylamine groups is 2. The van der Waals surface area contributed by atoms with Crippen LogP contribution in [-0.2, 0) is 25.7 Å². The van der Waals surface area contributed by atoms with Gasteiger partial charge in [0.15, 0.2) is 0 Å². The lowest BCUT2D eigenvalue weighted by Gasteiger charge is -2.30. The second-order valence-electron chi connectivity index (χ2n) is 8.15. The molecule has 7 nitrogen and oxygen atoms in total. The molecule has 0 aliphatic carbocycles. The van der Waals surface area contributed by atoms with E-state index in [1.807, 2.05) is 26.0 Å². The minimum absolute atomic E-state index is 0.355. The van der Waals surface area contributed by atoms with E-state index >= 15 is 0 Å². The fraction of sp³-hybridized carbons (Fsp3) is 0.625. The van der Waals surface area contributed by atoms with Gasteiger partial charge >= 0.3 is 5.97 Å².